The molecule has 0 radical (unpaired) electrons. The second-order valence-electron chi connectivity index (χ2n) is 2.94. The summed E-state index contributed by atoms with van der Waals surface area (Å²) in [6.07, 6.45) is 6.28. The lowest BCUT2D eigenvalue weighted by atomic mass is 10.1. The number of carbonyl (C=O) groups is 1. The maximum absolute atomic E-state index is 10.7. The number of amidine groups is 1. The molecule has 1 aliphatic rings. The van der Waals surface area contributed by atoms with Crippen molar-refractivity contribution >= 4 is 23.9 Å². The molecule has 0 saturated carbocycles. The molecular weight excluding hydrogens is 196 g/mol. The average Bonchev–Trinajstić information content (AvgIpc) is 2.36. The van der Waals surface area contributed by atoms with E-state index in [1.807, 2.05) is 12.3 Å². The van der Waals surface area contributed by atoms with Crippen molar-refractivity contribution in [3.8, 4) is 0 Å². The highest BCUT2D eigenvalue weighted by molar-refractivity contribution is 8.02. The van der Waals surface area contributed by atoms with Crippen LogP contribution in [0.5, 0.6) is 0 Å². The lowest BCUT2D eigenvalue weighted by molar-refractivity contribution is -0.104. The molecule has 0 aliphatic carbocycles. The van der Waals surface area contributed by atoms with Crippen LogP contribution in [0.4, 0.5) is 0 Å². The Bertz CT molecular complexity index is 329. The summed E-state index contributed by atoms with van der Waals surface area (Å²) in [6.45, 7) is 2.08. The first-order valence-electron chi connectivity index (χ1n) is 4.48. The molecule has 0 unspecified atom stereocenters. The number of carbonyl (C=O) groups excluding carboxylic acids is 1. The van der Waals surface area contributed by atoms with Gasteiger partial charge in [0.1, 0.15) is 5.84 Å². The normalized spacial score (nSPS) is 17.3. The van der Waals surface area contributed by atoms with E-state index in [9.17, 15) is 4.79 Å². The SMILES string of the molecule is CCC1=C(SC)N=C(N)C(C=O)=CC1. The summed E-state index contributed by atoms with van der Waals surface area (Å²) in [6, 6.07) is 0. The predicted octanol–water partition coefficient (Wildman–Crippen LogP) is 1.86. The number of thioether (sulfide) groups is 1. The highest BCUT2D eigenvalue weighted by Gasteiger charge is 2.10. The molecule has 76 valence electrons. The van der Waals surface area contributed by atoms with Gasteiger partial charge >= 0.3 is 0 Å². The van der Waals surface area contributed by atoms with Crippen LogP contribution in [0.25, 0.3) is 0 Å². The van der Waals surface area contributed by atoms with Crippen molar-refractivity contribution in [1.82, 2.24) is 0 Å². The molecule has 0 saturated heterocycles. The van der Waals surface area contributed by atoms with E-state index in [-0.39, 0.29) is 0 Å². The minimum absolute atomic E-state index is 0.327. The molecule has 1 heterocycles. The highest BCUT2D eigenvalue weighted by Crippen LogP contribution is 2.26. The van der Waals surface area contributed by atoms with Crippen LogP contribution < -0.4 is 5.73 Å². The molecule has 3 nitrogen and oxygen atoms in total. The van der Waals surface area contributed by atoms with Gasteiger partial charge in [-0.3, -0.25) is 4.79 Å². The van der Waals surface area contributed by atoms with Crippen LogP contribution >= 0.6 is 11.8 Å². The largest absolute Gasteiger partial charge is 0.383 e. The van der Waals surface area contributed by atoms with Gasteiger partial charge in [0.05, 0.1) is 10.6 Å². The van der Waals surface area contributed by atoms with Gasteiger partial charge in [-0.2, -0.15) is 0 Å². The summed E-state index contributed by atoms with van der Waals surface area (Å²) in [7, 11) is 0. The second kappa shape index (κ2) is 5.00. The summed E-state index contributed by atoms with van der Waals surface area (Å²) in [5, 5.41) is 0.943. The molecule has 0 aromatic rings. The van der Waals surface area contributed by atoms with Crippen LogP contribution in [-0.2, 0) is 4.79 Å². The highest BCUT2D eigenvalue weighted by atomic mass is 32.2. The molecule has 0 atom stereocenters. The number of nitrogens with two attached hydrogens (primary N) is 1. The topological polar surface area (TPSA) is 55.4 Å². The number of allylic oxidation sites excluding steroid dienone is 2. The van der Waals surface area contributed by atoms with E-state index in [1.165, 1.54) is 5.57 Å². The molecule has 1 aliphatic heterocycles. The van der Waals surface area contributed by atoms with E-state index in [0.717, 1.165) is 24.2 Å². The fraction of sp³-hybridized carbons (Fsp3) is 0.400. The third-order valence-electron chi connectivity index (χ3n) is 2.14. The standard InChI is InChI=1S/C10H14N2OS/c1-3-7-4-5-8(6-13)9(11)12-10(7)14-2/h5-6H,3-4H2,1-2H3,(H2,11,12). The molecule has 0 aromatic heterocycles. The minimum Gasteiger partial charge on any atom is -0.383 e. The van der Waals surface area contributed by atoms with Gasteiger partial charge in [-0.05, 0) is 24.7 Å². The third-order valence-corrected chi connectivity index (χ3v) is 2.90. The Balaban J connectivity index is 3.09. The molecule has 0 spiro atoms. The summed E-state index contributed by atoms with van der Waals surface area (Å²) >= 11 is 1.57. The van der Waals surface area contributed by atoms with Crippen molar-refractivity contribution in [2.75, 3.05) is 6.26 Å². The number of hydrogen-bond donors (Lipinski definition) is 1. The number of aliphatic imine (C=N–C) groups is 1. The second-order valence-corrected chi connectivity index (χ2v) is 3.74. The summed E-state index contributed by atoms with van der Waals surface area (Å²) in [5.74, 6) is 0.327. The van der Waals surface area contributed by atoms with Crippen LogP contribution in [0.3, 0.4) is 0 Å². The molecule has 14 heavy (non-hydrogen) atoms. The average molecular weight is 210 g/mol. The number of rotatable bonds is 3. The minimum atomic E-state index is 0.327. The third kappa shape index (κ3) is 2.26. The predicted molar refractivity (Wildman–Crippen MR) is 61.2 cm³/mol. The zero-order valence-corrected chi connectivity index (χ0v) is 9.23. The van der Waals surface area contributed by atoms with Gasteiger partial charge in [0.2, 0.25) is 0 Å². The van der Waals surface area contributed by atoms with Crippen LogP contribution in [0.15, 0.2) is 27.2 Å². The van der Waals surface area contributed by atoms with Gasteiger partial charge in [0.25, 0.3) is 0 Å². The number of aldehydes is 1. The van der Waals surface area contributed by atoms with Crippen LogP contribution in [0, 0.1) is 0 Å². The fourth-order valence-electron chi connectivity index (χ4n) is 1.27. The first-order chi connectivity index (χ1) is 6.72. The van der Waals surface area contributed by atoms with E-state index >= 15 is 0 Å². The Morgan fingerprint density at radius 1 is 1.71 bits per heavy atom. The van der Waals surface area contributed by atoms with E-state index in [0.29, 0.717) is 11.4 Å². The Kier molecular flexibility index (Phi) is 3.95. The number of nitrogens with zero attached hydrogens (tertiary/aromatic N) is 1. The van der Waals surface area contributed by atoms with Gasteiger partial charge in [-0.15, -0.1) is 11.8 Å². The maximum Gasteiger partial charge on any atom is 0.153 e. The van der Waals surface area contributed by atoms with Gasteiger partial charge in [0, 0.05) is 0 Å². The zero-order chi connectivity index (χ0) is 10.6. The Hall–Kier alpha value is -1.03. The van der Waals surface area contributed by atoms with Gasteiger partial charge in [0.15, 0.2) is 6.29 Å². The lowest BCUT2D eigenvalue weighted by Gasteiger charge is -2.03. The quantitative estimate of drug-likeness (QED) is 0.723. The van der Waals surface area contributed by atoms with E-state index < -0.39 is 0 Å². The Labute approximate surface area is 88.2 Å². The molecule has 0 bridgehead atoms. The fourth-order valence-corrected chi connectivity index (χ4v) is 1.98. The van der Waals surface area contributed by atoms with E-state index in [2.05, 4.69) is 11.9 Å². The smallest absolute Gasteiger partial charge is 0.153 e. The molecule has 0 aromatic carbocycles. The molecule has 0 fully saturated rings. The molecule has 0 amide bonds. The van der Waals surface area contributed by atoms with Crippen molar-refractivity contribution in [1.29, 1.82) is 0 Å². The van der Waals surface area contributed by atoms with Crippen molar-refractivity contribution in [3.63, 3.8) is 0 Å². The molecule has 1 rings (SSSR count). The molecule has 2 N–H and O–H groups in total. The molecular formula is C10H14N2OS. The summed E-state index contributed by atoms with van der Waals surface area (Å²) in [5.41, 5.74) is 7.41. The van der Waals surface area contributed by atoms with Crippen molar-refractivity contribution in [2.24, 2.45) is 10.7 Å². The van der Waals surface area contributed by atoms with Crippen LogP contribution in [0.1, 0.15) is 19.8 Å². The Morgan fingerprint density at radius 3 is 2.93 bits per heavy atom. The number of hydrogen-bond acceptors (Lipinski definition) is 4. The lowest BCUT2D eigenvalue weighted by Crippen LogP contribution is -2.15. The van der Waals surface area contributed by atoms with Crippen LogP contribution in [-0.4, -0.2) is 18.4 Å². The van der Waals surface area contributed by atoms with Gasteiger partial charge in [-0.25, -0.2) is 4.99 Å². The van der Waals surface area contributed by atoms with Gasteiger partial charge in [-0.1, -0.05) is 13.0 Å². The zero-order valence-electron chi connectivity index (χ0n) is 8.41. The summed E-state index contributed by atoms with van der Waals surface area (Å²) < 4.78 is 0. The van der Waals surface area contributed by atoms with E-state index in [4.69, 9.17) is 5.73 Å². The molecule has 4 heteroatoms. The van der Waals surface area contributed by atoms with Crippen molar-refractivity contribution in [2.45, 2.75) is 19.8 Å². The van der Waals surface area contributed by atoms with Crippen LogP contribution in [0.2, 0.25) is 0 Å². The Morgan fingerprint density at radius 2 is 2.43 bits per heavy atom. The maximum atomic E-state index is 10.7. The van der Waals surface area contributed by atoms with Gasteiger partial charge < -0.3 is 5.73 Å². The van der Waals surface area contributed by atoms with Crippen molar-refractivity contribution in [3.05, 3.63) is 22.3 Å². The van der Waals surface area contributed by atoms with Crippen molar-refractivity contribution < 1.29 is 4.79 Å². The monoisotopic (exact) mass is 210 g/mol. The summed E-state index contributed by atoms with van der Waals surface area (Å²) in [4.78, 5) is 14.9. The first-order valence-corrected chi connectivity index (χ1v) is 5.71. The first kappa shape index (κ1) is 11.0. The van der Waals surface area contributed by atoms with E-state index in [1.54, 1.807) is 11.8 Å².